The summed E-state index contributed by atoms with van der Waals surface area (Å²) in [7, 11) is 1.68. The first-order chi connectivity index (χ1) is 16.1. The largest absolute Gasteiger partial charge is 0.497 e. The van der Waals surface area contributed by atoms with Gasteiger partial charge in [-0.15, -0.1) is 0 Å². The molecule has 0 saturated carbocycles. The van der Waals surface area contributed by atoms with Crippen LogP contribution in [0.3, 0.4) is 0 Å². The number of aromatic nitrogens is 1. The molecule has 1 saturated heterocycles. The molecule has 1 aliphatic rings. The molecule has 33 heavy (non-hydrogen) atoms. The second-order valence-electron chi connectivity index (χ2n) is 7.91. The van der Waals surface area contributed by atoms with Gasteiger partial charge in [0.1, 0.15) is 11.4 Å². The maximum absolute atomic E-state index is 13.6. The Kier molecular flexibility index (Phi) is 6.20. The minimum absolute atomic E-state index is 0.0351. The second kappa shape index (κ2) is 9.41. The lowest BCUT2D eigenvalue weighted by Gasteiger charge is -2.36. The number of nitrogens with zero attached hydrogens (tertiary/aromatic N) is 2. The van der Waals surface area contributed by atoms with Crippen molar-refractivity contribution in [2.24, 2.45) is 0 Å². The highest BCUT2D eigenvalue weighted by Crippen LogP contribution is 2.37. The molecular formula is C26H24ClN3O2S. The number of anilines is 1. The fourth-order valence-corrected chi connectivity index (χ4v) is 5.29. The van der Waals surface area contributed by atoms with E-state index in [2.05, 4.69) is 22.0 Å². The number of para-hydroxylation sites is 1. The number of halogens is 1. The molecule has 1 N–H and O–H groups in total. The average molecular weight is 478 g/mol. The van der Waals surface area contributed by atoms with Crippen molar-refractivity contribution in [3.63, 3.8) is 0 Å². The standard InChI is InChI=1S/C26H24ClN3O2S/c1-32-20-6-4-5-19(17-20)29-13-15-30(16-14-29)26(31)24-25(22-7-2-3-8-23(22)28-24)33-21-11-9-18(27)10-12-21/h2-12,17,28H,13-16H2,1H3. The molecule has 0 spiro atoms. The first-order valence-corrected chi connectivity index (χ1v) is 12.0. The summed E-state index contributed by atoms with van der Waals surface area (Å²) in [5.41, 5.74) is 2.73. The highest BCUT2D eigenvalue weighted by Gasteiger charge is 2.27. The first kappa shape index (κ1) is 21.7. The van der Waals surface area contributed by atoms with Crippen molar-refractivity contribution >= 4 is 45.9 Å². The predicted octanol–water partition coefficient (Wildman–Crippen LogP) is 5.94. The van der Waals surface area contributed by atoms with Crippen molar-refractivity contribution in [1.29, 1.82) is 0 Å². The fourth-order valence-electron chi connectivity index (χ4n) is 4.13. The summed E-state index contributed by atoms with van der Waals surface area (Å²) in [5, 5.41) is 1.75. The summed E-state index contributed by atoms with van der Waals surface area (Å²) in [6.45, 7) is 2.88. The molecule has 0 atom stereocenters. The van der Waals surface area contributed by atoms with Crippen LogP contribution >= 0.6 is 23.4 Å². The maximum atomic E-state index is 13.6. The van der Waals surface area contributed by atoms with Gasteiger partial charge in [0.2, 0.25) is 0 Å². The number of H-pyrrole nitrogens is 1. The summed E-state index contributed by atoms with van der Waals surface area (Å²) >= 11 is 7.65. The molecule has 4 aromatic rings. The molecule has 0 bridgehead atoms. The number of nitrogens with one attached hydrogen (secondary N) is 1. The molecule has 2 heterocycles. The highest BCUT2D eigenvalue weighted by atomic mass is 35.5. The number of fused-ring (bicyclic) bond motifs is 1. The number of amides is 1. The molecule has 5 rings (SSSR count). The molecule has 1 amide bonds. The summed E-state index contributed by atoms with van der Waals surface area (Å²) in [4.78, 5) is 23.2. The van der Waals surface area contributed by atoms with Gasteiger partial charge in [-0.05, 0) is 42.5 Å². The van der Waals surface area contributed by atoms with E-state index in [1.807, 2.05) is 65.6 Å². The monoisotopic (exact) mass is 477 g/mol. The summed E-state index contributed by atoms with van der Waals surface area (Å²) in [5.74, 6) is 0.876. The van der Waals surface area contributed by atoms with Crippen LogP contribution in [0.25, 0.3) is 10.9 Å². The highest BCUT2D eigenvalue weighted by molar-refractivity contribution is 7.99. The van der Waals surface area contributed by atoms with E-state index in [4.69, 9.17) is 16.3 Å². The van der Waals surface area contributed by atoms with Crippen molar-refractivity contribution in [1.82, 2.24) is 9.88 Å². The van der Waals surface area contributed by atoms with Crippen LogP contribution < -0.4 is 9.64 Å². The van der Waals surface area contributed by atoms with E-state index in [1.54, 1.807) is 18.9 Å². The van der Waals surface area contributed by atoms with Gasteiger partial charge < -0.3 is 19.5 Å². The number of ether oxygens (including phenoxy) is 1. The van der Waals surface area contributed by atoms with Gasteiger partial charge in [0.25, 0.3) is 5.91 Å². The van der Waals surface area contributed by atoms with Gasteiger partial charge in [0, 0.05) is 58.8 Å². The van der Waals surface area contributed by atoms with E-state index in [1.165, 1.54) is 0 Å². The first-order valence-electron chi connectivity index (χ1n) is 10.8. The fraction of sp³-hybridized carbons (Fsp3) is 0.192. The Balaban J connectivity index is 1.38. The number of hydrogen-bond acceptors (Lipinski definition) is 4. The van der Waals surface area contributed by atoms with Crippen LogP contribution in [-0.4, -0.2) is 49.1 Å². The van der Waals surface area contributed by atoms with Gasteiger partial charge in [-0.3, -0.25) is 4.79 Å². The molecule has 1 aliphatic heterocycles. The van der Waals surface area contributed by atoms with E-state index < -0.39 is 0 Å². The van der Waals surface area contributed by atoms with Crippen molar-refractivity contribution < 1.29 is 9.53 Å². The minimum atomic E-state index is 0.0351. The van der Waals surface area contributed by atoms with Gasteiger partial charge in [-0.25, -0.2) is 0 Å². The molecular weight excluding hydrogens is 454 g/mol. The zero-order chi connectivity index (χ0) is 22.8. The number of carbonyl (C=O) groups excluding carboxylic acids is 1. The summed E-state index contributed by atoms with van der Waals surface area (Å²) in [6, 6.07) is 23.8. The Morgan fingerprint density at radius 3 is 2.48 bits per heavy atom. The van der Waals surface area contributed by atoms with Crippen molar-refractivity contribution in [3.05, 3.63) is 83.5 Å². The number of carbonyl (C=O) groups is 1. The van der Waals surface area contributed by atoms with E-state index >= 15 is 0 Å². The lowest BCUT2D eigenvalue weighted by atomic mass is 10.2. The van der Waals surface area contributed by atoms with Crippen LogP contribution in [0.5, 0.6) is 5.75 Å². The molecule has 0 radical (unpaired) electrons. The minimum Gasteiger partial charge on any atom is -0.497 e. The van der Waals surface area contributed by atoms with Crippen LogP contribution in [0.2, 0.25) is 5.02 Å². The Bertz CT molecular complexity index is 1280. The molecule has 0 unspecified atom stereocenters. The molecule has 3 aromatic carbocycles. The van der Waals surface area contributed by atoms with E-state index in [0.29, 0.717) is 23.8 Å². The zero-order valence-electron chi connectivity index (χ0n) is 18.3. The van der Waals surface area contributed by atoms with E-state index in [9.17, 15) is 4.79 Å². The van der Waals surface area contributed by atoms with Gasteiger partial charge in [-0.1, -0.05) is 47.6 Å². The zero-order valence-corrected chi connectivity index (χ0v) is 19.8. The van der Waals surface area contributed by atoms with Gasteiger partial charge in [-0.2, -0.15) is 0 Å². The van der Waals surface area contributed by atoms with Crippen LogP contribution in [0, 0.1) is 0 Å². The quantitative estimate of drug-likeness (QED) is 0.386. The predicted molar refractivity (Wildman–Crippen MR) is 135 cm³/mol. The average Bonchev–Trinajstić information content (AvgIpc) is 3.23. The Labute approximate surface area is 202 Å². The summed E-state index contributed by atoms with van der Waals surface area (Å²) in [6.07, 6.45) is 0. The molecule has 168 valence electrons. The van der Waals surface area contributed by atoms with E-state index in [0.717, 1.165) is 45.2 Å². The third-order valence-corrected chi connectivity index (χ3v) is 7.28. The maximum Gasteiger partial charge on any atom is 0.271 e. The molecule has 5 nitrogen and oxygen atoms in total. The third-order valence-electron chi connectivity index (χ3n) is 5.89. The number of rotatable bonds is 5. The van der Waals surface area contributed by atoms with Gasteiger partial charge >= 0.3 is 0 Å². The van der Waals surface area contributed by atoms with Crippen molar-refractivity contribution in [2.45, 2.75) is 9.79 Å². The van der Waals surface area contributed by atoms with Gasteiger partial charge in [0.15, 0.2) is 0 Å². The lowest BCUT2D eigenvalue weighted by molar-refractivity contribution is 0.0738. The SMILES string of the molecule is COc1cccc(N2CCN(C(=O)c3[nH]c4ccccc4c3Sc3ccc(Cl)cc3)CC2)c1. The Hall–Kier alpha value is -3.09. The van der Waals surface area contributed by atoms with Crippen LogP contribution in [0.15, 0.2) is 82.6 Å². The number of piperazine rings is 1. The Morgan fingerprint density at radius 1 is 0.970 bits per heavy atom. The van der Waals surface area contributed by atoms with Crippen LogP contribution in [0.4, 0.5) is 5.69 Å². The van der Waals surface area contributed by atoms with Crippen molar-refractivity contribution in [3.8, 4) is 5.75 Å². The molecule has 1 fully saturated rings. The topological polar surface area (TPSA) is 48.6 Å². The smallest absolute Gasteiger partial charge is 0.271 e. The number of aromatic amines is 1. The number of benzene rings is 3. The van der Waals surface area contributed by atoms with Gasteiger partial charge in [0.05, 0.1) is 12.0 Å². The van der Waals surface area contributed by atoms with E-state index in [-0.39, 0.29) is 5.91 Å². The molecule has 1 aromatic heterocycles. The molecule has 7 heteroatoms. The lowest BCUT2D eigenvalue weighted by Crippen LogP contribution is -2.49. The van der Waals surface area contributed by atoms with Crippen LogP contribution in [-0.2, 0) is 0 Å². The Morgan fingerprint density at radius 2 is 1.73 bits per heavy atom. The number of hydrogen-bond donors (Lipinski definition) is 1. The van der Waals surface area contributed by atoms with Crippen LogP contribution in [0.1, 0.15) is 10.5 Å². The summed E-state index contributed by atoms with van der Waals surface area (Å²) < 4.78 is 5.36. The second-order valence-corrected chi connectivity index (χ2v) is 9.43. The normalized spacial score (nSPS) is 14.0. The third kappa shape index (κ3) is 4.54. The molecule has 0 aliphatic carbocycles. The number of methoxy groups -OCH3 is 1. The van der Waals surface area contributed by atoms with Crippen molar-refractivity contribution in [2.75, 3.05) is 38.2 Å².